The van der Waals surface area contributed by atoms with E-state index in [4.69, 9.17) is 0 Å². The molecular formula is C19H25N5O. The lowest BCUT2D eigenvalue weighted by Crippen LogP contribution is -2.46. The van der Waals surface area contributed by atoms with E-state index in [9.17, 15) is 4.79 Å². The van der Waals surface area contributed by atoms with Crippen molar-refractivity contribution in [2.24, 2.45) is 0 Å². The maximum Gasteiger partial charge on any atom is 0.241 e. The number of nitrogens with zero attached hydrogens (tertiary/aromatic N) is 3. The lowest BCUT2D eigenvalue weighted by Gasteiger charge is -2.29. The van der Waals surface area contributed by atoms with Crippen molar-refractivity contribution in [2.75, 3.05) is 0 Å². The van der Waals surface area contributed by atoms with Crippen LogP contribution in [0.2, 0.25) is 0 Å². The summed E-state index contributed by atoms with van der Waals surface area (Å²) in [5.41, 5.74) is 1.02. The van der Waals surface area contributed by atoms with Crippen LogP contribution in [0.25, 0.3) is 0 Å². The molecule has 0 saturated heterocycles. The van der Waals surface area contributed by atoms with Crippen LogP contribution in [0.15, 0.2) is 30.3 Å². The summed E-state index contributed by atoms with van der Waals surface area (Å²) in [6, 6.07) is 10.3. The fourth-order valence-electron chi connectivity index (χ4n) is 3.50. The maximum absolute atomic E-state index is 12.8. The second-order valence-corrected chi connectivity index (χ2v) is 7.03. The second-order valence-electron chi connectivity index (χ2n) is 7.03. The maximum atomic E-state index is 12.8. The van der Waals surface area contributed by atoms with Crippen LogP contribution in [0.5, 0.6) is 0 Å². The fourth-order valence-corrected chi connectivity index (χ4v) is 3.50. The van der Waals surface area contributed by atoms with E-state index in [1.165, 1.54) is 0 Å². The average Bonchev–Trinajstić information content (AvgIpc) is 3.36. The highest BCUT2D eigenvalue weighted by atomic mass is 16.2. The molecule has 0 spiro atoms. The lowest BCUT2D eigenvalue weighted by molar-refractivity contribution is -0.123. The Labute approximate surface area is 148 Å². The number of amides is 1. The van der Waals surface area contributed by atoms with Crippen molar-refractivity contribution >= 4 is 5.91 Å². The van der Waals surface area contributed by atoms with E-state index in [-0.39, 0.29) is 18.0 Å². The van der Waals surface area contributed by atoms with Gasteiger partial charge in [0.2, 0.25) is 5.91 Å². The van der Waals surface area contributed by atoms with Crippen LogP contribution >= 0.6 is 0 Å². The molecule has 0 radical (unpaired) electrons. The quantitative estimate of drug-likeness (QED) is 0.841. The molecule has 1 aliphatic carbocycles. The molecule has 25 heavy (non-hydrogen) atoms. The van der Waals surface area contributed by atoms with Crippen LogP contribution in [0.3, 0.4) is 0 Å². The molecule has 1 fully saturated rings. The van der Waals surface area contributed by atoms with E-state index in [0.29, 0.717) is 6.04 Å². The Morgan fingerprint density at radius 2 is 2.00 bits per heavy atom. The van der Waals surface area contributed by atoms with Gasteiger partial charge >= 0.3 is 0 Å². The number of aromatic nitrogens is 3. The van der Waals surface area contributed by atoms with Crippen molar-refractivity contribution < 1.29 is 4.79 Å². The van der Waals surface area contributed by atoms with Crippen molar-refractivity contribution in [1.82, 2.24) is 25.4 Å². The van der Waals surface area contributed by atoms with Gasteiger partial charge in [0.25, 0.3) is 0 Å². The first kappa shape index (κ1) is 16.3. The normalized spacial score (nSPS) is 20.8. The third-order valence-electron chi connectivity index (χ3n) is 5.06. The predicted molar refractivity (Wildman–Crippen MR) is 95.0 cm³/mol. The summed E-state index contributed by atoms with van der Waals surface area (Å²) >= 11 is 0. The molecule has 6 nitrogen and oxygen atoms in total. The molecule has 0 bridgehead atoms. The number of fused-ring (bicyclic) bond motifs is 1. The first-order chi connectivity index (χ1) is 12.2. The third-order valence-corrected chi connectivity index (χ3v) is 5.06. The Morgan fingerprint density at radius 1 is 1.20 bits per heavy atom. The number of carbonyl (C=O) groups excluding carboxylic acids is 1. The Morgan fingerprint density at radius 3 is 2.72 bits per heavy atom. The van der Waals surface area contributed by atoms with Gasteiger partial charge in [-0.05, 0) is 24.8 Å². The van der Waals surface area contributed by atoms with Gasteiger partial charge in [-0.3, -0.25) is 10.1 Å². The molecule has 1 aliphatic heterocycles. The summed E-state index contributed by atoms with van der Waals surface area (Å²) in [4.78, 5) is 12.8. The van der Waals surface area contributed by atoms with Gasteiger partial charge in [-0.1, -0.05) is 37.3 Å². The molecule has 6 heteroatoms. The Kier molecular flexibility index (Phi) is 4.53. The first-order valence-corrected chi connectivity index (χ1v) is 9.27. The molecule has 1 amide bonds. The van der Waals surface area contributed by atoms with Crippen LogP contribution in [0.1, 0.15) is 49.4 Å². The highest BCUT2D eigenvalue weighted by molar-refractivity contribution is 5.83. The number of rotatable bonds is 6. The van der Waals surface area contributed by atoms with E-state index >= 15 is 0 Å². The van der Waals surface area contributed by atoms with Crippen LogP contribution in [-0.2, 0) is 24.2 Å². The fraction of sp³-hybridized carbons (Fsp3) is 0.526. The number of nitrogens with one attached hydrogen (secondary N) is 2. The number of carbonyl (C=O) groups is 1. The van der Waals surface area contributed by atoms with Gasteiger partial charge in [0, 0.05) is 31.5 Å². The summed E-state index contributed by atoms with van der Waals surface area (Å²) in [5, 5.41) is 15.3. The zero-order chi connectivity index (χ0) is 17.2. The Hall–Kier alpha value is -2.21. The first-order valence-electron chi connectivity index (χ1n) is 9.27. The van der Waals surface area contributed by atoms with Crippen molar-refractivity contribution in [2.45, 2.75) is 63.7 Å². The molecule has 2 heterocycles. The molecule has 2 atom stereocenters. The zero-order valence-corrected chi connectivity index (χ0v) is 14.6. The molecule has 132 valence electrons. The van der Waals surface area contributed by atoms with Gasteiger partial charge in [-0.25, -0.2) is 0 Å². The van der Waals surface area contributed by atoms with E-state index in [1.807, 2.05) is 30.3 Å². The largest absolute Gasteiger partial charge is 0.352 e. The summed E-state index contributed by atoms with van der Waals surface area (Å²) in [5.74, 6) is 2.17. The molecule has 0 unspecified atom stereocenters. The monoisotopic (exact) mass is 339 g/mol. The van der Waals surface area contributed by atoms with E-state index in [2.05, 4.69) is 32.3 Å². The summed E-state index contributed by atoms with van der Waals surface area (Å²) in [6.07, 6.45) is 4.95. The third kappa shape index (κ3) is 3.58. The number of benzene rings is 1. The van der Waals surface area contributed by atoms with Crippen LogP contribution in [0.4, 0.5) is 0 Å². The van der Waals surface area contributed by atoms with Gasteiger partial charge < -0.3 is 9.88 Å². The minimum atomic E-state index is -0.310. The lowest BCUT2D eigenvalue weighted by atomic mass is 10.0. The van der Waals surface area contributed by atoms with Crippen molar-refractivity contribution in [3.63, 3.8) is 0 Å². The van der Waals surface area contributed by atoms with Gasteiger partial charge in [-0.15, -0.1) is 10.2 Å². The molecule has 4 rings (SSSR count). The molecule has 1 aromatic carbocycles. The van der Waals surface area contributed by atoms with Crippen LogP contribution in [0, 0.1) is 0 Å². The highest BCUT2D eigenvalue weighted by Crippen LogP contribution is 2.23. The van der Waals surface area contributed by atoms with Crippen LogP contribution in [-0.4, -0.2) is 32.8 Å². The zero-order valence-electron chi connectivity index (χ0n) is 14.6. The number of hydrogen-bond acceptors (Lipinski definition) is 4. The molecule has 2 N–H and O–H groups in total. The summed E-state index contributed by atoms with van der Waals surface area (Å²) < 4.78 is 2.21. The highest BCUT2D eigenvalue weighted by Gasteiger charge is 2.31. The molecule has 2 aliphatic rings. The Bertz CT molecular complexity index is 724. The van der Waals surface area contributed by atoms with Crippen LogP contribution < -0.4 is 10.6 Å². The van der Waals surface area contributed by atoms with Gasteiger partial charge in [0.05, 0.1) is 0 Å². The number of hydrogen-bond donors (Lipinski definition) is 2. The van der Waals surface area contributed by atoms with Gasteiger partial charge in [0.15, 0.2) is 0 Å². The summed E-state index contributed by atoms with van der Waals surface area (Å²) in [7, 11) is 0. The average molecular weight is 339 g/mol. The standard InChI is InChI=1S/C19H25N5O/c1-2-16-22-23-17-11-10-15(12-24(16)17)20-18(13-6-4-3-5-7-13)19(25)21-14-8-9-14/h3-7,14-15,18,20H,2,8-12H2,1H3,(H,21,25)/t15-,18+/m0/s1. The predicted octanol–water partition coefficient (Wildman–Crippen LogP) is 1.76. The molecule has 1 saturated carbocycles. The molecular weight excluding hydrogens is 314 g/mol. The van der Waals surface area contributed by atoms with E-state index < -0.39 is 0 Å². The molecule has 2 aromatic rings. The number of aryl methyl sites for hydroxylation is 2. The van der Waals surface area contributed by atoms with Crippen molar-refractivity contribution in [3.8, 4) is 0 Å². The smallest absolute Gasteiger partial charge is 0.241 e. The topological polar surface area (TPSA) is 71.8 Å². The van der Waals surface area contributed by atoms with Gasteiger partial charge in [-0.2, -0.15) is 0 Å². The minimum Gasteiger partial charge on any atom is -0.352 e. The minimum absolute atomic E-state index is 0.0824. The van der Waals surface area contributed by atoms with E-state index in [0.717, 1.165) is 55.9 Å². The van der Waals surface area contributed by atoms with Crippen molar-refractivity contribution in [3.05, 3.63) is 47.5 Å². The molecule has 1 aromatic heterocycles. The Balaban J connectivity index is 1.51. The summed E-state index contributed by atoms with van der Waals surface area (Å²) in [6.45, 7) is 2.93. The van der Waals surface area contributed by atoms with Gasteiger partial charge in [0.1, 0.15) is 17.7 Å². The second kappa shape index (κ2) is 6.96. The van der Waals surface area contributed by atoms with Crippen molar-refractivity contribution in [1.29, 1.82) is 0 Å². The van der Waals surface area contributed by atoms with E-state index in [1.54, 1.807) is 0 Å². The SMILES string of the molecule is CCc1nnc2n1C[C@@H](N[C@@H](C(=O)NC1CC1)c1ccccc1)CC2.